The first-order valence-electron chi connectivity index (χ1n) is 8.06. The number of hydrogen-bond acceptors (Lipinski definition) is 3. The second kappa shape index (κ2) is 5.93. The summed E-state index contributed by atoms with van der Waals surface area (Å²) in [7, 11) is 2.23. The maximum absolute atomic E-state index is 14.4. The minimum absolute atomic E-state index is 0.119. The molecule has 0 aliphatic carbocycles. The number of halogens is 1. The van der Waals surface area contributed by atoms with Crippen molar-refractivity contribution in [1.29, 1.82) is 0 Å². The highest BCUT2D eigenvalue weighted by Gasteiger charge is 2.34. The fourth-order valence-corrected chi connectivity index (χ4v) is 3.93. The highest BCUT2D eigenvalue weighted by molar-refractivity contribution is 5.50. The fraction of sp³-hybridized carbons (Fsp3) is 0.647. The zero-order chi connectivity index (χ0) is 15.0. The number of nitrogens with two attached hydrogens (primary N) is 1. The zero-order valence-electron chi connectivity index (χ0n) is 13.1. The smallest absolute Gasteiger partial charge is 0.146 e. The third-order valence-corrected chi connectivity index (χ3v) is 5.18. The van der Waals surface area contributed by atoms with Crippen molar-refractivity contribution >= 4 is 5.69 Å². The Morgan fingerprint density at radius 2 is 2.10 bits per heavy atom. The van der Waals surface area contributed by atoms with E-state index in [-0.39, 0.29) is 11.9 Å². The molecule has 1 aromatic carbocycles. The van der Waals surface area contributed by atoms with E-state index >= 15 is 0 Å². The van der Waals surface area contributed by atoms with E-state index in [1.165, 1.54) is 19.4 Å². The van der Waals surface area contributed by atoms with Crippen LogP contribution in [0.3, 0.4) is 0 Å². The minimum Gasteiger partial charge on any atom is -0.369 e. The molecule has 2 heterocycles. The number of benzene rings is 1. The summed E-state index contributed by atoms with van der Waals surface area (Å²) in [6.45, 7) is 5.01. The lowest BCUT2D eigenvalue weighted by Gasteiger charge is -2.46. The van der Waals surface area contributed by atoms with Crippen LogP contribution in [0.25, 0.3) is 0 Å². The van der Waals surface area contributed by atoms with Gasteiger partial charge >= 0.3 is 0 Å². The molecule has 2 aliphatic rings. The van der Waals surface area contributed by atoms with Crippen LogP contribution in [0.1, 0.15) is 37.8 Å². The molecule has 0 aromatic heterocycles. The molecule has 1 aromatic rings. The van der Waals surface area contributed by atoms with E-state index < -0.39 is 0 Å². The van der Waals surface area contributed by atoms with Crippen LogP contribution in [0.15, 0.2) is 18.2 Å². The zero-order valence-corrected chi connectivity index (χ0v) is 13.1. The highest BCUT2D eigenvalue weighted by Crippen LogP contribution is 2.33. The van der Waals surface area contributed by atoms with Gasteiger partial charge in [0.1, 0.15) is 5.82 Å². The summed E-state index contributed by atoms with van der Waals surface area (Å²) < 4.78 is 14.4. The Hall–Kier alpha value is -1.13. The van der Waals surface area contributed by atoms with Gasteiger partial charge in [-0.15, -0.1) is 0 Å². The second-order valence-corrected chi connectivity index (χ2v) is 6.68. The van der Waals surface area contributed by atoms with Gasteiger partial charge in [-0.1, -0.05) is 6.07 Å². The van der Waals surface area contributed by atoms with Gasteiger partial charge in [0.05, 0.1) is 5.69 Å². The van der Waals surface area contributed by atoms with Crippen molar-refractivity contribution in [3.8, 4) is 0 Å². The molecule has 0 spiro atoms. The van der Waals surface area contributed by atoms with E-state index in [0.29, 0.717) is 12.0 Å². The molecule has 3 unspecified atom stereocenters. The molecule has 21 heavy (non-hydrogen) atoms. The van der Waals surface area contributed by atoms with Crippen molar-refractivity contribution in [2.75, 3.05) is 31.6 Å². The monoisotopic (exact) mass is 291 g/mol. The summed E-state index contributed by atoms with van der Waals surface area (Å²) >= 11 is 0. The number of hydrogen-bond donors (Lipinski definition) is 1. The molecule has 0 radical (unpaired) electrons. The Bertz CT molecular complexity index is 503. The minimum atomic E-state index is -0.132. The van der Waals surface area contributed by atoms with Crippen molar-refractivity contribution in [3.05, 3.63) is 29.6 Å². The highest BCUT2D eigenvalue weighted by atomic mass is 19.1. The summed E-state index contributed by atoms with van der Waals surface area (Å²) in [6, 6.07) is 6.02. The van der Waals surface area contributed by atoms with Crippen LogP contribution in [-0.2, 0) is 0 Å². The van der Waals surface area contributed by atoms with Gasteiger partial charge in [0.25, 0.3) is 0 Å². The lowest BCUT2D eigenvalue weighted by atomic mass is 9.84. The summed E-state index contributed by atoms with van der Waals surface area (Å²) in [4.78, 5) is 4.71. The van der Waals surface area contributed by atoms with Gasteiger partial charge in [-0.25, -0.2) is 4.39 Å². The molecule has 2 saturated heterocycles. The first-order chi connectivity index (χ1) is 10.1. The van der Waals surface area contributed by atoms with Gasteiger partial charge in [0.2, 0.25) is 0 Å². The van der Waals surface area contributed by atoms with Crippen molar-refractivity contribution in [2.45, 2.75) is 38.3 Å². The van der Waals surface area contributed by atoms with E-state index in [2.05, 4.69) is 16.8 Å². The van der Waals surface area contributed by atoms with E-state index in [1.807, 2.05) is 19.1 Å². The van der Waals surface area contributed by atoms with Crippen LogP contribution in [0, 0.1) is 11.7 Å². The molecule has 2 N–H and O–H groups in total. The fourth-order valence-electron chi connectivity index (χ4n) is 3.93. The maximum atomic E-state index is 14.4. The lowest BCUT2D eigenvalue weighted by Crippen LogP contribution is -2.52. The Morgan fingerprint density at radius 3 is 2.81 bits per heavy atom. The second-order valence-electron chi connectivity index (χ2n) is 6.68. The molecule has 116 valence electrons. The number of fused-ring (bicyclic) bond motifs is 1. The van der Waals surface area contributed by atoms with Crippen molar-refractivity contribution in [1.82, 2.24) is 4.90 Å². The molecule has 3 rings (SSSR count). The lowest BCUT2D eigenvalue weighted by molar-refractivity contribution is 0.102. The van der Waals surface area contributed by atoms with Crippen LogP contribution in [0.4, 0.5) is 10.1 Å². The molecule has 4 heteroatoms. The Kier molecular flexibility index (Phi) is 4.18. The topological polar surface area (TPSA) is 32.5 Å². The SMILES string of the molecule is CC(N)c1ccc(N2CCC3C(CCCN3C)C2)c(F)c1. The first kappa shape index (κ1) is 14.8. The van der Waals surface area contributed by atoms with Gasteiger partial charge in [0.15, 0.2) is 0 Å². The van der Waals surface area contributed by atoms with Gasteiger partial charge in [-0.2, -0.15) is 0 Å². The van der Waals surface area contributed by atoms with E-state index in [0.717, 1.165) is 30.8 Å². The third-order valence-electron chi connectivity index (χ3n) is 5.18. The van der Waals surface area contributed by atoms with Crippen LogP contribution < -0.4 is 10.6 Å². The van der Waals surface area contributed by atoms with Gasteiger partial charge in [-0.3, -0.25) is 0 Å². The van der Waals surface area contributed by atoms with Gasteiger partial charge in [0, 0.05) is 25.2 Å². The molecule has 2 aliphatic heterocycles. The van der Waals surface area contributed by atoms with Gasteiger partial charge in [-0.05, 0) is 63.4 Å². The van der Waals surface area contributed by atoms with Crippen molar-refractivity contribution in [2.24, 2.45) is 11.7 Å². The number of piperidine rings is 2. The van der Waals surface area contributed by atoms with Crippen LogP contribution in [0.5, 0.6) is 0 Å². The number of anilines is 1. The van der Waals surface area contributed by atoms with E-state index in [4.69, 9.17) is 5.73 Å². The molecule has 3 nitrogen and oxygen atoms in total. The van der Waals surface area contributed by atoms with Crippen molar-refractivity contribution < 1.29 is 4.39 Å². The molecular formula is C17H26FN3. The average Bonchev–Trinajstić information content (AvgIpc) is 2.47. The quantitative estimate of drug-likeness (QED) is 0.909. The van der Waals surface area contributed by atoms with E-state index in [9.17, 15) is 4.39 Å². The Labute approximate surface area is 126 Å². The van der Waals surface area contributed by atoms with Crippen LogP contribution in [0.2, 0.25) is 0 Å². The summed E-state index contributed by atoms with van der Waals surface area (Å²) in [6.07, 6.45) is 3.66. The first-order valence-corrected chi connectivity index (χ1v) is 8.06. The van der Waals surface area contributed by atoms with Crippen LogP contribution >= 0.6 is 0 Å². The Balaban J connectivity index is 1.76. The molecule has 3 atom stereocenters. The summed E-state index contributed by atoms with van der Waals surface area (Å²) in [5.41, 5.74) is 7.43. The standard InChI is InChI=1S/C17H26FN3/c1-12(19)13-5-6-17(15(18)10-13)21-9-7-16-14(11-21)4-3-8-20(16)2/h5-6,10,12,14,16H,3-4,7-9,11,19H2,1-2H3. The average molecular weight is 291 g/mol. The normalized spacial score (nSPS) is 28.3. The number of rotatable bonds is 2. The predicted octanol–water partition coefficient (Wildman–Crippen LogP) is 2.77. The van der Waals surface area contributed by atoms with Gasteiger partial charge < -0.3 is 15.5 Å². The molecule has 0 bridgehead atoms. The Morgan fingerprint density at radius 1 is 1.29 bits per heavy atom. The molecular weight excluding hydrogens is 265 g/mol. The van der Waals surface area contributed by atoms with Crippen molar-refractivity contribution in [3.63, 3.8) is 0 Å². The summed E-state index contributed by atoms with van der Waals surface area (Å²) in [5.74, 6) is 0.539. The van der Waals surface area contributed by atoms with Crippen LogP contribution in [-0.4, -0.2) is 37.6 Å². The molecule has 2 fully saturated rings. The molecule has 0 saturated carbocycles. The predicted molar refractivity (Wildman–Crippen MR) is 85.0 cm³/mol. The van der Waals surface area contributed by atoms with E-state index in [1.54, 1.807) is 6.07 Å². The number of nitrogens with zero attached hydrogens (tertiary/aromatic N) is 2. The largest absolute Gasteiger partial charge is 0.369 e. The summed E-state index contributed by atoms with van der Waals surface area (Å²) in [5, 5.41) is 0. The molecule has 0 amide bonds. The number of likely N-dealkylation sites (tertiary alicyclic amines) is 1. The maximum Gasteiger partial charge on any atom is 0.146 e. The third kappa shape index (κ3) is 2.92.